The summed E-state index contributed by atoms with van der Waals surface area (Å²) in [6.45, 7) is 5.41. The molecular weight excluding hydrogens is 434 g/mol. The lowest BCUT2D eigenvalue weighted by molar-refractivity contribution is -0.129. The number of carbonyl (C=O) groups is 2. The van der Waals surface area contributed by atoms with Gasteiger partial charge >= 0.3 is 0 Å². The van der Waals surface area contributed by atoms with Crippen molar-refractivity contribution in [2.75, 3.05) is 26.0 Å². The van der Waals surface area contributed by atoms with Gasteiger partial charge in [-0.05, 0) is 68.1 Å². The summed E-state index contributed by atoms with van der Waals surface area (Å²) in [5, 5.41) is 0.807. The summed E-state index contributed by atoms with van der Waals surface area (Å²) in [5.41, 5.74) is 4.21. The molecule has 1 aliphatic rings. The van der Waals surface area contributed by atoms with Crippen molar-refractivity contribution in [1.29, 1.82) is 0 Å². The maximum Gasteiger partial charge on any atom is 0.233 e. The maximum atomic E-state index is 12.8. The van der Waals surface area contributed by atoms with Gasteiger partial charge in [-0.25, -0.2) is 4.98 Å². The molecule has 7 heteroatoms. The van der Waals surface area contributed by atoms with Crippen LogP contribution in [0.4, 0.5) is 0 Å². The number of rotatable bonds is 7. The van der Waals surface area contributed by atoms with Gasteiger partial charge in [0.1, 0.15) is 5.75 Å². The van der Waals surface area contributed by atoms with Crippen LogP contribution in [0.5, 0.6) is 5.75 Å². The Morgan fingerprint density at radius 1 is 1.09 bits per heavy atom. The Bertz CT molecular complexity index is 1130. The zero-order valence-electron chi connectivity index (χ0n) is 19.3. The molecule has 1 aromatic heterocycles. The molecule has 1 aliphatic heterocycles. The number of aromatic nitrogens is 2. The molecular formula is C26H29N3O3S. The first-order chi connectivity index (χ1) is 16.0. The number of piperidine rings is 1. The van der Waals surface area contributed by atoms with Gasteiger partial charge < -0.3 is 9.64 Å². The van der Waals surface area contributed by atoms with Gasteiger partial charge in [-0.3, -0.25) is 14.2 Å². The highest BCUT2D eigenvalue weighted by Gasteiger charge is 2.28. The second-order valence-corrected chi connectivity index (χ2v) is 9.28. The summed E-state index contributed by atoms with van der Waals surface area (Å²) in [7, 11) is 1.61. The number of likely N-dealkylation sites (tertiary alicyclic amines) is 1. The highest BCUT2D eigenvalue weighted by atomic mass is 32.2. The average molecular weight is 464 g/mol. The van der Waals surface area contributed by atoms with Crippen LogP contribution in [0.25, 0.3) is 5.69 Å². The molecule has 0 N–H and O–H groups in total. The van der Waals surface area contributed by atoms with Crippen LogP contribution < -0.4 is 4.74 Å². The number of imidazole rings is 1. The number of ketones is 1. The van der Waals surface area contributed by atoms with Crippen molar-refractivity contribution in [2.45, 2.75) is 31.8 Å². The Hall–Kier alpha value is -3.06. The molecule has 0 radical (unpaired) electrons. The van der Waals surface area contributed by atoms with Gasteiger partial charge in [0.2, 0.25) is 5.91 Å². The van der Waals surface area contributed by atoms with Crippen molar-refractivity contribution in [3.05, 3.63) is 71.5 Å². The molecule has 172 valence electrons. The minimum absolute atomic E-state index is 0.0432. The van der Waals surface area contributed by atoms with E-state index < -0.39 is 0 Å². The van der Waals surface area contributed by atoms with E-state index in [4.69, 9.17) is 4.74 Å². The van der Waals surface area contributed by atoms with E-state index in [1.807, 2.05) is 46.0 Å². The largest absolute Gasteiger partial charge is 0.497 e. The number of methoxy groups -OCH3 is 1. The van der Waals surface area contributed by atoms with E-state index in [9.17, 15) is 9.59 Å². The van der Waals surface area contributed by atoms with Crippen LogP contribution in [0.3, 0.4) is 0 Å². The first-order valence-corrected chi connectivity index (χ1v) is 12.1. The molecule has 1 saturated heterocycles. The number of Topliss-reactive ketones (excluding diaryl/α,β-unsaturated/α-hetero) is 1. The summed E-state index contributed by atoms with van der Waals surface area (Å²) >= 11 is 1.45. The molecule has 0 aliphatic carbocycles. The molecule has 33 heavy (non-hydrogen) atoms. The van der Waals surface area contributed by atoms with Crippen LogP contribution in [0, 0.1) is 19.8 Å². The summed E-state index contributed by atoms with van der Waals surface area (Å²) in [6.07, 6.45) is 5.09. The Kier molecular flexibility index (Phi) is 7.18. The van der Waals surface area contributed by atoms with E-state index in [1.165, 1.54) is 22.9 Å². The van der Waals surface area contributed by atoms with Gasteiger partial charge in [-0.2, -0.15) is 0 Å². The zero-order chi connectivity index (χ0) is 23.4. The van der Waals surface area contributed by atoms with Crippen LogP contribution in [0.1, 0.15) is 34.3 Å². The number of hydrogen-bond donors (Lipinski definition) is 0. The van der Waals surface area contributed by atoms with Gasteiger partial charge in [-0.1, -0.05) is 23.9 Å². The SMILES string of the molecule is COc1ccc(C(=O)C2CCN(C(=O)CSc3nccn3-c3cccc(C)c3C)CC2)cc1. The standard InChI is InChI=1S/C26H29N3O3S/c1-18-5-4-6-23(19(18)2)29-16-13-27-26(29)33-17-24(30)28-14-11-21(12-15-28)25(31)20-7-9-22(32-3)10-8-20/h4-10,13,16,21H,11-12,14-15,17H2,1-3H3. The quantitative estimate of drug-likeness (QED) is 0.375. The average Bonchev–Trinajstić information content (AvgIpc) is 3.32. The number of carbonyl (C=O) groups excluding carboxylic acids is 2. The smallest absolute Gasteiger partial charge is 0.233 e. The summed E-state index contributed by atoms with van der Waals surface area (Å²) in [6, 6.07) is 13.4. The fourth-order valence-electron chi connectivity index (χ4n) is 4.18. The van der Waals surface area contributed by atoms with Crippen molar-refractivity contribution in [3.63, 3.8) is 0 Å². The molecule has 0 unspecified atom stereocenters. The van der Waals surface area contributed by atoms with E-state index in [0.29, 0.717) is 37.2 Å². The maximum absolute atomic E-state index is 12.8. The number of amides is 1. The third kappa shape index (κ3) is 5.14. The minimum atomic E-state index is -0.0432. The Morgan fingerprint density at radius 3 is 2.52 bits per heavy atom. The molecule has 2 aromatic carbocycles. The number of nitrogens with zero attached hydrogens (tertiary/aromatic N) is 3. The fraction of sp³-hybridized carbons (Fsp3) is 0.346. The lowest BCUT2D eigenvalue weighted by Crippen LogP contribution is -2.41. The van der Waals surface area contributed by atoms with Crippen LogP contribution in [-0.2, 0) is 4.79 Å². The van der Waals surface area contributed by atoms with Crippen LogP contribution >= 0.6 is 11.8 Å². The third-order valence-electron chi connectivity index (χ3n) is 6.36. The van der Waals surface area contributed by atoms with Crippen LogP contribution in [0.15, 0.2) is 60.0 Å². The predicted octanol–water partition coefficient (Wildman–Crippen LogP) is 4.71. The lowest BCUT2D eigenvalue weighted by atomic mass is 9.89. The lowest BCUT2D eigenvalue weighted by Gasteiger charge is -2.31. The molecule has 0 atom stereocenters. The second-order valence-electron chi connectivity index (χ2n) is 8.34. The molecule has 2 heterocycles. The van der Waals surface area contributed by atoms with Gasteiger partial charge in [0.15, 0.2) is 10.9 Å². The van der Waals surface area contributed by atoms with E-state index in [0.717, 1.165) is 16.6 Å². The first-order valence-electron chi connectivity index (χ1n) is 11.2. The Morgan fingerprint density at radius 2 is 1.82 bits per heavy atom. The number of thioether (sulfide) groups is 1. The number of aryl methyl sites for hydroxylation is 1. The zero-order valence-corrected chi connectivity index (χ0v) is 20.1. The normalized spacial score (nSPS) is 14.3. The summed E-state index contributed by atoms with van der Waals surface area (Å²) in [5.74, 6) is 1.26. The minimum Gasteiger partial charge on any atom is -0.497 e. The van der Waals surface area contributed by atoms with E-state index in [2.05, 4.69) is 31.0 Å². The predicted molar refractivity (Wildman–Crippen MR) is 130 cm³/mol. The van der Waals surface area contributed by atoms with Gasteiger partial charge in [0, 0.05) is 37.0 Å². The molecule has 3 aromatic rings. The first kappa shape index (κ1) is 23.1. The Balaban J connectivity index is 1.32. The summed E-state index contributed by atoms with van der Waals surface area (Å²) in [4.78, 5) is 32.0. The fourth-order valence-corrected chi connectivity index (χ4v) is 5.04. The highest BCUT2D eigenvalue weighted by Crippen LogP contribution is 2.26. The van der Waals surface area contributed by atoms with Crippen molar-refractivity contribution < 1.29 is 14.3 Å². The molecule has 0 saturated carbocycles. The van der Waals surface area contributed by atoms with Gasteiger partial charge in [0.05, 0.1) is 18.6 Å². The van der Waals surface area contributed by atoms with Crippen molar-refractivity contribution >= 4 is 23.5 Å². The molecule has 4 rings (SSSR count). The van der Waals surface area contributed by atoms with Crippen molar-refractivity contribution in [3.8, 4) is 11.4 Å². The second kappa shape index (κ2) is 10.3. The van der Waals surface area contributed by atoms with Gasteiger partial charge in [0.25, 0.3) is 0 Å². The monoisotopic (exact) mass is 463 g/mol. The van der Waals surface area contributed by atoms with Crippen LogP contribution in [-0.4, -0.2) is 52.1 Å². The molecule has 1 fully saturated rings. The number of hydrogen-bond acceptors (Lipinski definition) is 5. The summed E-state index contributed by atoms with van der Waals surface area (Å²) < 4.78 is 7.21. The highest BCUT2D eigenvalue weighted by molar-refractivity contribution is 7.99. The van der Waals surface area contributed by atoms with Crippen molar-refractivity contribution in [1.82, 2.24) is 14.5 Å². The molecule has 6 nitrogen and oxygen atoms in total. The Labute approximate surface area is 199 Å². The topological polar surface area (TPSA) is 64.4 Å². The van der Waals surface area contributed by atoms with Crippen molar-refractivity contribution in [2.24, 2.45) is 5.92 Å². The van der Waals surface area contributed by atoms with Crippen LogP contribution in [0.2, 0.25) is 0 Å². The van der Waals surface area contributed by atoms with E-state index in [1.54, 1.807) is 13.3 Å². The third-order valence-corrected chi connectivity index (χ3v) is 7.31. The molecule has 1 amide bonds. The van der Waals surface area contributed by atoms with E-state index in [-0.39, 0.29) is 17.6 Å². The number of ether oxygens (including phenoxy) is 1. The molecule has 0 spiro atoms. The van der Waals surface area contributed by atoms with Gasteiger partial charge in [-0.15, -0.1) is 0 Å². The molecule has 0 bridgehead atoms. The van der Waals surface area contributed by atoms with E-state index >= 15 is 0 Å². The number of benzene rings is 2.